The topological polar surface area (TPSA) is 45.7 Å². The van der Waals surface area contributed by atoms with E-state index in [1.807, 2.05) is 13.8 Å². The molecule has 134 valence electrons. The maximum absolute atomic E-state index is 12.9. The highest BCUT2D eigenvalue weighted by Crippen LogP contribution is 2.07. The average Bonchev–Trinajstić information content (AvgIpc) is 2.62. The summed E-state index contributed by atoms with van der Waals surface area (Å²) in [5.41, 5.74) is 3.33. The number of halogens is 1. The summed E-state index contributed by atoms with van der Waals surface area (Å²) < 4.78 is 18.5. The van der Waals surface area contributed by atoms with E-state index < -0.39 is 0 Å². The van der Waals surface area contributed by atoms with Crippen LogP contribution in [0.3, 0.4) is 0 Å². The van der Waals surface area contributed by atoms with E-state index in [2.05, 4.69) is 39.9 Å². The van der Waals surface area contributed by atoms with Crippen LogP contribution in [0.15, 0.2) is 53.5 Å². The number of rotatable bonds is 7. The maximum Gasteiger partial charge on any atom is 0.191 e. The van der Waals surface area contributed by atoms with Crippen molar-refractivity contribution in [1.29, 1.82) is 0 Å². The number of ether oxygens (including phenoxy) is 1. The Morgan fingerprint density at radius 2 is 1.40 bits per heavy atom. The minimum absolute atomic E-state index is 0.228. The molecular formula is C20H26FN3O. The van der Waals surface area contributed by atoms with Crippen molar-refractivity contribution in [2.45, 2.75) is 39.6 Å². The molecule has 5 heteroatoms. The van der Waals surface area contributed by atoms with Crippen molar-refractivity contribution in [3.8, 4) is 0 Å². The van der Waals surface area contributed by atoms with E-state index in [1.165, 1.54) is 12.1 Å². The molecule has 0 fully saturated rings. The second kappa shape index (κ2) is 9.79. The summed E-state index contributed by atoms with van der Waals surface area (Å²) in [4.78, 5) is 4.20. The normalized spacial score (nSPS) is 11.6. The summed E-state index contributed by atoms with van der Waals surface area (Å²) in [6, 6.07) is 14.7. The van der Waals surface area contributed by atoms with Crippen LogP contribution in [0.1, 0.15) is 30.5 Å². The predicted molar refractivity (Wildman–Crippen MR) is 99.8 cm³/mol. The number of hydrogen-bond donors (Lipinski definition) is 2. The summed E-state index contributed by atoms with van der Waals surface area (Å²) in [6.07, 6.45) is 0.233. The molecule has 2 aromatic carbocycles. The van der Waals surface area contributed by atoms with Gasteiger partial charge in [0.1, 0.15) is 5.82 Å². The van der Waals surface area contributed by atoms with Crippen LogP contribution in [0.25, 0.3) is 0 Å². The van der Waals surface area contributed by atoms with Crippen molar-refractivity contribution >= 4 is 5.96 Å². The lowest BCUT2D eigenvalue weighted by molar-refractivity contribution is 0.0657. The minimum Gasteiger partial charge on any atom is -0.374 e. The molecule has 4 nitrogen and oxygen atoms in total. The monoisotopic (exact) mass is 343 g/mol. The number of nitrogens with zero attached hydrogens (tertiary/aromatic N) is 1. The fourth-order valence-corrected chi connectivity index (χ4v) is 2.21. The van der Waals surface area contributed by atoms with Crippen LogP contribution in [0, 0.1) is 5.82 Å². The van der Waals surface area contributed by atoms with E-state index in [1.54, 1.807) is 19.2 Å². The van der Waals surface area contributed by atoms with E-state index in [0.29, 0.717) is 25.7 Å². The molecule has 0 heterocycles. The number of hydrogen-bond acceptors (Lipinski definition) is 2. The van der Waals surface area contributed by atoms with Crippen molar-refractivity contribution in [2.24, 2.45) is 4.99 Å². The largest absolute Gasteiger partial charge is 0.374 e. The van der Waals surface area contributed by atoms with E-state index in [-0.39, 0.29) is 11.9 Å². The van der Waals surface area contributed by atoms with Crippen molar-refractivity contribution in [1.82, 2.24) is 10.6 Å². The van der Waals surface area contributed by atoms with Gasteiger partial charge in [-0.05, 0) is 42.7 Å². The van der Waals surface area contributed by atoms with Gasteiger partial charge in [0.2, 0.25) is 0 Å². The van der Waals surface area contributed by atoms with Gasteiger partial charge in [-0.3, -0.25) is 4.99 Å². The molecule has 0 aliphatic rings. The van der Waals surface area contributed by atoms with Crippen LogP contribution in [-0.2, 0) is 24.4 Å². The van der Waals surface area contributed by atoms with Crippen LogP contribution in [0.5, 0.6) is 0 Å². The third-order valence-corrected chi connectivity index (χ3v) is 3.66. The van der Waals surface area contributed by atoms with Crippen LogP contribution in [0.4, 0.5) is 4.39 Å². The Hall–Kier alpha value is -2.40. The molecule has 2 aromatic rings. The van der Waals surface area contributed by atoms with Crippen LogP contribution < -0.4 is 10.6 Å². The van der Waals surface area contributed by atoms with E-state index >= 15 is 0 Å². The molecule has 0 spiro atoms. The van der Waals surface area contributed by atoms with Gasteiger partial charge in [-0.1, -0.05) is 36.4 Å². The van der Waals surface area contributed by atoms with Gasteiger partial charge in [0.25, 0.3) is 0 Å². The van der Waals surface area contributed by atoms with Gasteiger partial charge < -0.3 is 15.4 Å². The molecule has 2 N–H and O–H groups in total. The fourth-order valence-electron chi connectivity index (χ4n) is 2.21. The molecule has 0 unspecified atom stereocenters. The van der Waals surface area contributed by atoms with Gasteiger partial charge in [0, 0.05) is 20.1 Å². The Labute approximate surface area is 149 Å². The van der Waals surface area contributed by atoms with Gasteiger partial charge in [-0.2, -0.15) is 0 Å². The molecule has 0 bridgehead atoms. The molecule has 0 saturated heterocycles. The lowest BCUT2D eigenvalue weighted by Crippen LogP contribution is -2.36. The standard InChI is InChI=1S/C20H26FN3O/c1-15(2)25-14-18-6-4-16(5-7-18)12-23-20(22-3)24-13-17-8-10-19(21)11-9-17/h4-11,15H,12-14H2,1-3H3,(H2,22,23,24). The highest BCUT2D eigenvalue weighted by atomic mass is 19.1. The highest BCUT2D eigenvalue weighted by molar-refractivity contribution is 5.79. The predicted octanol–water partition coefficient (Wildman–Crippen LogP) is 3.62. The zero-order valence-electron chi connectivity index (χ0n) is 15.1. The second-order valence-corrected chi connectivity index (χ2v) is 6.08. The Bertz CT molecular complexity index is 666. The zero-order valence-corrected chi connectivity index (χ0v) is 15.1. The molecule has 0 aliphatic carbocycles. The van der Waals surface area contributed by atoms with E-state index in [0.717, 1.165) is 16.7 Å². The van der Waals surface area contributed by atoms with Crippen LogP contribution in [-0.4, -0.2) is 19.1 Å². The van der Waals surface area contributed by atoms with Crippen molar-refractivity contribution in [2.75, 3.05) is 7.05 Å². The smallest absolute Gasteiger partial charge is 0.191 e. The third kappa shape index (κ3) is 6.93. The Morgan fingerprint density at radius 3 is 1.88 bits per heavy atom. The first kappa shape index (κ1) is 18.9. The third-order valence-electron chi connectivity index (χ3n) is 3.66. The molecular weight excluding hydrogens is 317 g/mol. The first-order valence-corrected chi connectivity index (χ1v) is 8.45. The number of benzene rings is 2. The summed E-state index contributed by atoms with van der Waals surface area (Å²) in [5.74, 6) is 0.477. The summed E-state index contributed by atoms with van der Waals surface area (Å²) in [5, 5.41) is 6.49. The van der Waals surface area contributed by atoms with Gasteiger partial charge in [-0.25, -0.2) is 4.39 Å². The van der Waals surface area contributed by atoms with E-state index in [9.17, 15) is 4.39 Å². The average molecular weight is 343 g/mol. The zero-order chi connectivity index (χ0) is 18.1. The summed E-state index contributed by atoms with van der Waals surface area (Å²) in [6.45, 7) is 5.96. The first-order chi connectivity index (χ1) is 12.1. The SMILES string of the molecule is CN=C(NCc1ccc(F)cc1)NCc1ccc(COC(C)C)cc1. The molecule has 0 radical (unpaired) electrons. The van der Waals surface area contributed by atoms with Crippen molar-refractivity contribution in [3.63, 3.8) is 0 Å². The first-order valence-electron chi connectivity index (χ1n) is 8.45. The van der Waals surface area contributed by atoms with Gasteiger partial charge in [0.15, 0.2) is 5.96 Å². The maximum atomic E-state index is 12.9. The van der Waals surface area contributed by atoms with Gasteiger partial charge >= 0.3 is 0 Å². The molecule has 0 amide bonds. The van der Waals surface area contributed by atoms with Crippen LogP contribution in [0.2, 0.25) is 0 Å². The van der Waals surface area contributed by atoms with Crippen molar-refractivity contribution in [3.05, 3.63) is 71.0 Å². The molecule has 0 aromatic heterocycles. The van der Waals surface area contributed by atoms with Crippen molar-refractivity contribution < 1.29 is 9.13 Å². The molecule has 0 aliphatic heterocycles. The highest BCUT2D eigenvalue weighted by Gasteiger charge is 2.01. The van der Waals surface area contributed by atoms with Gasteiger partial charge in [-0.15, -0.1) is 0 Å². The van der Waals surface area contributed by atoms with Crippen LogP contribution >= 0.6 is 0 Å². The molecule has 0 atom stereocenters. The lowest BCUT2D eigenvalue weighted by Gasteiger charge is -2.13. The Kier molecular flexibility index (Phi) is 7.41. The quantitative estimate of drug-likeness (QED) is 0.596. The molecule has 2 rings (SSSR count). The Balaban J connectivity index is 1.79. The Morgan fingerprint density at radius 1 is 0.920 bits per heavy atom. The minimum atomic E-state index is -0.228. The van der Waals surface area contributed by atoms with Gasteiger partial charge in [0.05, 0.1) is 12.7 Å². The lowest BCUT2D eigenvalue weighted by atomic mass is 10.1. The molecule has 25 heavy (non-hydrogen) atoms. The number of aliphatic imine (C=N–C) groups is 1. The number of guanidine groups is 1. The number of nitrogens with one attached hydrogen (secondary N) is 2. The van der Waals surface area contributed by atoms with E-state index in [4.69, 9.17) is 4.74 Å². The molecule has 0 saturated carbocycles. The second-order valence-electron chi connectivity index (χ2n) is 6.08. The fraction of sp³-hybridized carbons (Fsp3) is 0.350. The summed E-state index contributed by atoms with van der Waals surface area (Å²) in [7, 11) is 1.73. The summed E-state index contributed by atoms with van der Waals surface area (Å²) >= 11 is 0.